The number of esters is 1. The lowest BCUT2D eigenvalue weighted by molar-refractivity contribution is -0.385. The van der Waals surface area contributed by atoms with E-state index in [9.17, 15) is 14.9 Å². The van der Waals surface area contributed by atoms with E-state index in [-0.39, 0.29) is 17.4 Å². The van der Waals surface area contributed by atoms with Crippen LogP contribution in [0.4, 0.5) is 5.69 Å². The lowest BCUT2D eigenvalue weighted by Gasteiger charge is -2.11. The summed E-state index contributed by atoms with van der Waals surface area (Å²) in [6.45, 7) is 3.70. The number of nitrogens with zero attached hydrogens (tertiary/aromatic N) is 1. The van der Waals surface area contributed by atoms with Crippen molar-refractivity contribution >= 4 is 11.7 Å². The molecule has 0 saturated heterocycles. The molecule has 18 heavy (non-hydrogen) atoms. The molecule has 0 aliphatic heterocycles. The number of nitro benzene ring substituents is 1. The summed E-state index contributed by atoms with van der Waals surface area (Å²) in [4.78, 5) is 21.8. The molecule has 0 fully saturated rings. The van der Waals surface area contributed by atoms with Crippen LogP contribution in [0.5, 0.6) is 5.75 Å². The van der Waals surface area contributed by atoms with Crippen LogP contribution in [0.15, 0.2) is 18.2 Å². The number of hydrogen-bond acceptors (Lipinski definition) is 5. The highest BCUT2D eigenvalue weighted by molar-refractivity contribution is 5.78. The van der Waals surface area contributed by atoms with E-state index in [1.54, 1.807) is 13.8 Å². The minimum absolute atomic E-state index is 0.127. The van der Waals surface area contributed by atoms with Crippen LogP contribution < -0.4 is 4.74 Å². The number of nitro groups is 1. The number of methoxy groups -OCH3 is 1. The first-order chi connectivity index (χ1) is 8.51. The summed E-state index contributed by atoms with van der Waals surface area (Å²) in [5, 5.41) is 10.7. The monoisotopic (exact) mass is 253 g/mol. The summed E-state index contributed by atoms with van der Waals surface area (Å²) in [5.74, 6) is -0.721. The largest absolute Gasteiger partial charge is 0.490 e. The molecule has 0 aliphatic rings. The van der Waals surface area contributed by atoms with E-state index in [4.69, 9.17) is 9.47 Å². The van der Waals surface area contributed by atoms with Gasteiger partial charge in [-0.15, -0.1) is 0 Å². The van der Waals surface area contributed by atoms with E-state index in [1.807, 2.05) is 0 Å². The number of hydrogen-bond donors (Lipinski definition) is 0. The van der Waals surface area contributed by atoms with Crippen molar-refractivity contribution in [2.45, 2.75) is 19.8 Å². The lowest BCUT2D eigenvalue weighted by Crippen LogP contribution is -2.13. The van der Waals surface area contributed by atoms with Crippen LogP contribution in [0.3, 0.4) is 0 Å². The molecule has 0 bridgehead atoms. The van der Waals surface area contributed by atoms with Gasteiger partial charge in [0.2, 0.25) is 0 Å². The summed E-state index contributed by atoms with van der Waals surface area (Å²) in [6, 6.07) is 4.34. The van der Waals surface area contributed by atoms with E-state index in [2.05, 4.69) is 0 Å². The van der Waals surface area contributed by atoms with E-state index in [1.165, 1.54) is 25.3 Å². The molecule has 1 atom stereocenters. The molecule has 0 aliphatic carbocycles. The molecule has 0 N–H and O–H groups in total. The van der Waals surface area contributed by atoms with Crippen molar-refractivity contribution in [3.8, 4) is 5.75 Å². The maximum Gasteiger partial charge on any atom is 0.313 e. The summed E-state index contributed by atoms with van der Waals surface area (Å²) in [5.41, 5.74) is 0.494. The zero-order valence-corrected chi connectivity index (χ0v) is 10.5. The normalized spacial score (nSPS) is 11.7. The van der Waals surface area contributed by atoms with Gasteiger partial charge in [0.05, 0.1) is 24.6 Å². The minimum atomic E-state index is -0.530. The minimum Gasteiger partial charge on any atom is -0.490 e. The van der Waals surface area contributed by atoms with Gasteiger partial charge in [0.1, 0.15) is 0 Å². The van der Waals surface area contributed by atoms with Gasteiger partial charge >= 0.3 is 11.7 Å². The average Bonchev–Trinajstić information content (AvgIpc) is 2.37. The molecule has 0 spiro atoms. The van der Waals surface area contributed by atoms with Gasteiger partial charge in [-0.25, -0.2) is 0 Å². The highest BCUT2D eigenvalue weighted by atomic mass is 16.6. The van der Waals surface area contributed by atoms with Gasteiger partial charge in [-0.1, -0.05) is 6.07 Å². The topological polar surface area (TPSA) is 78.7 Å². The van der Waals surface area contributed by atoms with Gasteiger partial charge in [0, 0.05) is 6.07 Å². The lowest BCUT2D eigenvalue weighted by atomic mass is 10.0. The molecule has 6 nitrogen and oxygen atoms in total. The number of carbonyl (C=O) groups is 1. The maximum absolute atomic E-state index is 11.6. The highest BCUT2D eigenvalue weighted by Gasteiger charge is 2.21. The second kappa shape index (κ2) is 6.00. The summed E-state index contributed by atoms with van der Waals surface area (Å²) in [6.07, 6.45) is 0. The van der Waals surface area contributed by atoms with Gasteiger partial charge in [0.25, 0.3) is 0 Å². The zero-order chi connectivity index (χ0) is 13.7. The fourth-order valence-electron chi connectivity index (χ4n) is 1.52. The fourth-order valence-corrected chi connectivity index (χ4v) is 1.52. The van der Waals surface area contributed by atoms with Gasteiger partial charge in [-0.3, -0.25) is 14.9 Å². The van der Waals surface area contributed by atoms with E-state index in [0.717, 1.165) is 0 Å². The van der Waals surface area contributed by atoms with E-state index < -0.39 is 10.8 Å². The Morgan fingerprint density at radius 1 is 1.50 bits per heavy atom. The average molecular weight is 253 g/mol. The van der Waals surface area contributed by atoms with Crippen LogP contribution >= 0.6 is 0 Å². The second-order valence-electron chi connectivity index (χ2n) is 3.66. The van der Waals surface area contributed by atoms with Crippen LogP contribution in [-0.2, 0) is 9.53 Å². The molecule has 0 unspecified atom stereocenters. The van der Waals surface area contributed by atoms with Crippen molar-refractivity contribution < 1.29 is 19.2 Å². The summed E-state index contributed by atoms with van der Waals surface area (Å²) >= 11 is 0. The summed E-state index contributed by atoms with van der Waals surface area (Å²) < 4.78 is 9.84. The van der Waals surface area contributed by atoms with Gasteiger partial charge in [-0.05, 0) is 25.5 Å². The van der Waals surface area contributed by atoms with Crippen molar-refractivity contribution in [3.05, 3.63) is 33.9 Å². The van der Waals surface area contributed by atoms with Crippen molar-refractivity contribution in [1.29, 1.82) is 0 Å². The first-order valence-corrected chi connectivity index (χ1v) is 5.50. The number of benzene rings is 1. The Bertz CT molecular complexity index is 458. The molecule has 0 radical (unpaired) electrons. The third-order valence-electron chi connectivity index (χ3n) is 2.54. The van der Waals surface area contributed by atoms with E-state index >= 15 is 0 Å². The van der Waals surface area contributed by atoms with Crippen LogP contribution in [0.2, 0.25) is 0 Å². The molecule has 6 heteroatoms. The molecule has 0 saturated carbocycles. The fraction of sp³-hybridized carbons (Fsp3) is 0.417. The van der Waals surface area contributed by atoms with Gasteiger partial charge < -0.3 is 9.47 Å². The Kier molecular flexibility index (Phi) is 4.65. The van der Waals surface area contributed by atoms with Crippen LogP contribution in [0.25, 0.3) is 0 Å². The number of carbonyl (C=O) groups excluding carboxylic acids is 1. The predicted octanol–water partition coefficient (Wildman–Crippen LogP) is 2.27. The van der Waals surface area contributed by atoms with Crippen LogP contribution in [0.1, 0.15) is 25.3 Å². The molecule has 0 heterocycles. The molecule has 1 aromatic carbocycles. The third kappa shape index (κ3) is 2.97. The van der Waals surface area contributed by atoms with Gasteiger partial charge in [-0.2, -0.15) is 0 Å². The SMILES string of the molecule is CCOC(=O)[C@H](C)c1ccc([N+](=O)[O-])c(OC)c1. The quantitative estimate of drug-likeness (QED) is 0.457. The Morgan fingerprint density at radius 2 is 2.17 bits per heavy atom. The Morgan fingerprint density at radius 3 is 2.67 bits per heavy atom. The molecular formula is C12H15NO5. The molecular weight excluding hydrogens is 238 g/mol. The standard InChI is InChI=1S/C12H15NO5/c1-4-18-12(14)8(2)9-5-6-10(13(15)16)11(7-9)17-3/h5-8H,4H2,1-3H3/t8-/m1/s1. The van der Waals surface area contributed by atoms with Crippen molar-refractivity contribution in [2.24, 2.45) is 0 Å². The van der Waals surface area contributed by atoms with E-state index in [0.29, 0.717) is 12.2 Å². The van der Waals surface area contributed by atoms with Crippen LogP contribution in [0, 0.1) is 10.1 Å². The number of ether oxygens (including phenoxy) is 2. The Labute approximate surface area is 105 Å². The van der Waals surface area contributed by atoms with Crippen LogP contribution in [-0.4, -0.2) is 24.6 Å². The first-order valence-electron chi connectivity index (χ1n) is 5.50. The molecule has 1 aromatic rings. The smallest absolute Gasteiger partial charge is 0.313 e. The zero-order valence-electron chi connectivity index (χ0n) is 10.5. The number of rotatable bonds is 5. The third-order valence-corrected chi connectivity index (χ3v) is 2.54. The maximum atomic E-state index is 11.6. The van der Waals surface area contributed by atoms with Crippen molar-refractivity contribution in [2.75, 3.05) is 13.7 Å². The first kappa shape index (κ1) is 14.0. The molecule has 0 aromatic heterocycles. The van der Waals surface area contributed by atoms with Gasteiger partial charge in [0.15, 0.2) is 5.75 Å². The molecule has 1 rings (SSSR count). The summed E-state index contributed by atoms with van der Waals surface area (Å²) in [7, 11) is 1.35. The Hall–Kier alpha value is -2.11. The van der Waals surface area contributed by atoms with Crippen molar-refractivity contribution in [3.63, 3.8) is 0 Å². The highest BCUT2D eigenvalue weighted by Crippen LogP contribution is 2.30. The second-order valence-corrected chi connectivity index (χ2v) is 3.66. The molecule has 98 valence electrons. The molecule has 0 amide bonds. The predicted molar refractivity (Wildman–Crippen MR) is 64.7 cm³/mol. The Balaban J connectivity index is 3.05. The van der Waals surface area contributed by atoms with Crippen molar-refractivity contribution in [1.82, 2.24) is 0 Å².